The van der Waals surface area contributed by atoms with Gasteiger partial charge in [-0.2, -0.15) is 0 Å². The molecule has 1 atom stereocenters. The lowest BCUT2D eigenvalue weighted by molar-refractivity contribution is 0.0271. The number of rotatable bonds is 5. The fourth-order valence-electron chi connectivity index (χ4n) is 3.49. The standard InChI is InChI=1S/C24H32N2O2/c1-7-11-21(24(4,5)6)26(25-22(27)19-12-9-8-10-13-19)23(28)20-15-17(2)14-18(3)16-20/h8-10,12-16,21H,7,11H2,1-6H3,(H,25,27)/t21-/m1/s1. The number of aryl methyl sites for hydroxylation is 2. The van der Waals surface area contributed by atoms with Gasteiger partial charge in [0.05, 0.1) is 6.04 Å². The Kier molecular flexibility index (Phi) is 7.00. The minimum absolute atomic E-state index is 0.126. The number of amides is 2. The number of hydrogen-bond acceptors (Lipinski definition) is 2. The van der Waals surface area contributed by atoms with Crippen LogP contribution in [0.15, 0.2) is 48.5 Å². The lowest BCUT2D eigenvalue weighted by atomic mass is 9.83. The highest BCUT2D eigenvalue weighted by Crippen LogP contribution is 2.28. The molecular weight excluding hydrogens is 348 g/mol. The lowest BCUT2D eigenvalue weighted by Crippen LogP contribution is -2.56. The molecule has 4 nitrogen and oxygen atoms in total. The van der Waals surface area contributed by atoms with Gasteiger partial charge in [-0.3, -0.25) is 15.0 Å². The summed E-state index contributed by atoms with van der Waals surface area (Å²) in [6.07, 6.45) is 1.72. The highest BCUT2D eigenvalue weighted by Gasteiger charge is 2.35. The van der Waals surface area contributed by atoms with Crippen molar-refractivity contribution in [3.8, 4) is 0 Å². The van der Waals surface area contributed by atoms with E-state index < -0.39 is 0 Å². The highest BCUT2D eigenvalue weighted by molar-refractivity contribution is 5.99. The number of carbonyl (C=O) groups excluding carboxylic acids is 2. The van der Waals surface area contributed by atoms with Crippen molar-refractivity contribution in [3.05, 3.63) is 70.8 Å². The van der Waals surface area contributed by atoms with Crippen molar-refractivity contribution in [1.29, 1.82) is 0 Å². The second-order valence-electron chi connectivity index (χ2n) is 8.53. The van der Waals surface area contributed by atoms with Crippen molar-refractivity contribution in [2.24, 2.45) is 5.41 Å². The fourth-order valence-corrected chi connectivity index (χ4v) is 3.49. The number of hydrogen-bond donors (Lipinski definition) is 1. The molecule has 0 aliphatic heterocycles. The molecule has 4 heteroatoms. The van der Waals surface area contributed by atoms with Crippen molar-refractivity contribution >= 4 is 11.8 Å². The van der Waals surface area contributed by atoms with E-state index in [2.05, 4.69) is 33.1 Å². The molecule has 0 fully saturated rings. The Hall–Kier alpha value is -2.62. The molecule has 28 heavy (non-hydrogen) atoms. The molecular formula is C24H32N2O2. The summed E-state index contributed by atoms with van der Waals surface area (Å²) in [4.78, 5) is 26.3. The zero-order chi connectivity index (χ0) is 20.9. The first-order valence-corrected chi connectivity index (χ1v) is 9.91. The van der Waals surface area contributed by atoms with E-state index in [0.29, 0.717) is 11.1 Å². The average Bonchev–Trinajstić information content (AvgIpc) is 2.63. The Morgan fingerprint density at radius 1 is 0.964 bits per heavy atom. The topological polar surface area (TPSA) is 49.4 Å². The van der Waals surface area contributed by atoms with Gasteiger partial charge < -0.3 is 0 Å². The van der Waals surface area contributed by atoms with Crippen molar-refractivity contribution < 1.29 is 9.59 Å². The van der Waals surface area contributed by atoms with Crippen molar-refractivity contribution in [1.82, 2.24) is 10.4 Å². The SMILES string of the molecule is CCC[C@@H](N(NC(=O)c1ccccc1)C(=O)c1cc(C)cc(C)c1)C(C)(C)C. The van der Waals surface area contributed by atoms with E-state index in [0.717, 1.165) is 24.0 Å². The predicted octanol–water partition coefficient (Wildman–Crippen LogP) is 5.31. The lowest BCUT2D eigenvalue weighted by Gasteiger charge is -2.40. The van der Waals surface area contributed by atoms with E-state index in [1.54, 1.807) is 17.1 Å². The van der Waals surface area contributed by atoms with Crippen LogP contribution < -0.4 is 5.43 Å². The molecule has 0 aromatic heterocycles. The Balaban J connectivity index is 2.45. The van der Waals surface area contributed by atoms with Crippen LogP contribution in [-0.2, 0) is 0 Å². The van der Waals surface area contributed by atoms with Crippen LogP contribution in [0, 0.1) is 19.3 Å². The maximum absolute atomic E-state index is 13.5. The normalized spacial score (nSPS) is 12.4. The largest absolute Gasteiger partial charge is 0.272 e. The quantitative estimate of drug-likeness (QED) is 0.715. The Morgan fingerprint density at radius 2 is 1.54 bits per heavy atom. The third kappa shape index (κ3) is 5.44. The number of nitrogens with zero attached hydrogens (tertiary/aromatic N) is 1. The van der Waals surface area contributed by atoms with Gasteiger partial charge >= 0.3 is 0 Å². The van der Waals surface area contributed by atoms with Gasteiger partial charge in [0, 0.05) is 11.1 Å². The molecule has 0 aliphatic rings. The Labute approximate surface area is 168 Å². The van der Waals surface area contributed by atoms with Gasteiger partial charge in [0.2, 0.25) is 0 Å². The van der Waals surface area contributed by atoms with Gasteiger partial charge in [0.1, 0.15) is 0 Å². The van der Waals surface area contributed by atoms with Crippen molar-refractivity contribution in [2.45, 2.75) is 60.4 Å². The van der Waals surface area contributed by atoms with Crippen LogP contribution in [0.3, 0.4) is 0 Å². The van der Waals surface area contributed by atoms with Crippen LogP contribution in [0.2, 0.25) is 0 Å². The summed E-state index contributed by atoms with van der Waals surface area (Å²) in [6.45, 7) is 12.3. The molecule has 0 saturated heterocycles. The molecule has 1 N–H and O–H groups in total. The number of carbonyl (C=O) groups is 2. The van der Waals surface area contributed by atoms with Gasteiger partial charge in [-0.1, -0.05) is 69.5 Å². The zero-order valence-corrected chi connectivity index (χ0v) is 17.9. The van der Waals surface area contributed by atoms with Gasteiger partial charge in [0.25, 0.3) is 11.8 Å². The van der Waals surface area contributed by atoms with Crippen LogP contribution in [-0.4, -0.2) is 22.9 Å². The van der Waals surface area contributed by atoms with Gasteiger partial charge in [-0.25, -0.2) is 5.01 Å². The number of hydrazine groups is 1. The summed E-state index contributed by atoms with van der Waals surface area (Å²) in [5, 5.41) is 1.55. The summed E-state index contributed by atoms with van der Waals surface area (Å²) < 4.78 is 0. The zero-order valence-electron chi connectivity index (χ0n) is 17.9. The minimum Gasteiger partial charge on any atom is -0.267 e. The maximum Gasteiger partial charge on any atom is 0.272 e. The van der Waals surface area contributed by atoms with Gasteiger partial charge in [-0.15, -0.1) is 0 Å². The highest BCUT2D eigenvalue weighted by atomic mass is 16.2. The van der Waals surface area contributed by atoms with Crippen LogP contribution in [0.4, 0.5) is 0 Å². The molecule has 0 radical (unpaired) electrons. The van der Waals surface area contributed by atoms with Gasteiger partial charge in [0.15, 0.2) is 0 Å². The van der Waals surface area contributed by atoms with Crippen LogP contribution in [0.1, 0.15) is 72.4 Å². The molecule has 0 saturated carbocycles. The molecule has 2 rings (SSSR count). The second-order valence-corrected chi connectivity index (χ2v) is 8.53. The van der Waals surface area contributed by atoms with Crippen LogP contribution in [0.5, 0.6) is 0 Å². The molecule has 0 heterocycles. The fraction of sp³-hybridized carbons (Fsp3) is 0.417. The molecule has 2 aromatic carbocycles. The Bertz CT molecular complexity index is 802. The molecule has 0 aliphatic carbocycles. The van der Waals surface area contributed by atoms with E-state index >= 15 is 0 Å². The molecule has 0 unspecified atom stereocenters. The van der Waals surface area contributed by atoms with E-state index in [1.807, 2.05) is 50.2 Å². The summed E-state index contributed by atoms with van der Waals surface area (Å²) in [5.41, 5.74) is 5.90. The van der Waals surface area contributed by atoms with Crippen LogP contribution >= 0.6 is 0 Å². The summed E-state index contributed by atoms with van der Waals surface area (Å²) in [6, 6.07) is 14.7. The average molecular weight is 381 g/mol. The van der Waals surface area contributed by atoms with Crippen molar-refractivity contribution in [2.75, 3.05) is 0 Å². The first-order valence-electron chi connectivity index (χ1n) is 9.91. The Morgan fingerprint density at radius 3 is 2.04 bits per heavy atom. The van der Waals surface area contributed by atoms with Gasteiger partial charge in [-0.05, 0) is 49.9 Å². The number of benzene rings is 2. The number of nitrogens with one attached hydrogen (secondary N) is 1. The minimum atomic E-state index is -0.274. The summed E-state index contributed by atoms with van der Waals surface area (Å²) in [7, 11) is 0. The molecule has 2 aromatic rings. The summed E-state index contributed by atoms with van der Waals surface area (Å²) in [5.74, 6) is -0.451. The maximum atomic E-state index is 13.5. The van der Waals surface area contributed by atoms with Crippen molar-refractivity contribution in [3.63, 3.8) is 0 Å². The third-order valence-electron chi connectivity index (χ3n) is 4.82. The first kappa shape index (κ1) is 21.7. The smallest absolute Gasteiger partial charge is 0.267 e. The third-order valence-corrected chi connectivity index (χ3v) is 4.82. The van der Waals surface area contributed by atoms with E-state index in [4.69, 9.17) is 0 Å². The molecule has 0 bridgehead atoms. The second kappa shape index (κ2) is 9.05. The summed E-state index contributed by atoms with van der Waals surface area (Å²) >= 11 is 0. The monoisotopic (exact) mass is 380 g/mol. The van der Waals surface area contributed by atoms with E-state index in [9.17, 15) is 9.59 Å². The van der Waals surface area contributed by atoms with E-state index in [1.165, 1.54) is 0 Å². The first-order chi connectivity index (χ1) is 13.1. The molecule has 150 valence electrons. The van der Waals surface area contributed by atoms with Crippen LogP contribution in [0.25, 0.3) is 0 Å². The predicted molar refractivity (Wildman–Crippen MR) is 114 cm³/mol. The molecule has 2 amide bonds. The molecule has 0 spiro atoms. The van der Waals surface area contributed by atoms with E-state index in [-0.39, 0.29) is 23.3 Å².